The summed E-state index contributed by atoms with van der Waals surface area (Å²) in [5.41, 5.74) is 7.39. The van der Waals surface area contributed by atoms with Gasteiger partial charge >= 0.3 is 0 Å². The van der Waals surface area contributed by atoms with Crippen molar-refractivity contribution in [2.24, 2.45) is 0 Å². The standard InChI is InChI=1S/C12H15BrN4O/c1-7(2)18-9-4-16-17(6-9)12-11(13)8(3)10(14)5-15-12/h4-7H,14H2,1-3H3. The third-order valence-corrected chi connectivity index (χ3v) is 3.38. The summed E-state index contributed by atoms with van der Waals surface area (Å²) >= 11 is 3.48. The van der Waals surface area contributed by atoms with Gasteiger partial charge < -0.3 is 10.5 Å². The van der Waals surface area contributed by atoms with Crippen LogP contribution in [0.2, 0.25) is 0 Å². The molecule has 0 bridgehead atoms. The lowest BCUT2D eigenvalue weighted by atomic mass is 10.2. The number of rotatable bonds is 3. The fourth-order valence-electron chi connectivity index (χ4n) is 1.49. The minimum absolute atomic E-state index is 0.118. The SMILES string of the molecule is Cc1c(N)cnc(-n2cc(OC(C)C)cn2)c1Br. The summed E-state index contributed by atoms with van der Waals surface area (Å²) in [4.78, 5) is 4.27. The van der Waals surface area contributed by atoms with Crippen LogP contribution in [0.25, 0.3) is 5.82 Å². The highest BCUT2D eigenvalue weighted by Gasteiger charge is 2.11. The number of nitrogens with zero attached hydrogens (tertiary/aromatic N) is 3. The molecule has 0 spiro atoms. The maximum Gasteiger partial charge on any atom is 0.168 e. The molecular formula is C12H15BrN4O. The fraction of sp³-hybridized carbons (Fsp3) is 0.333. The molecule has 0 aromatic carbocycles. The van der Waals surface area contributed by atoms with Gasteiger partial charge in [-0.25, -0.2) is 9.67 Å². The van der Waals surface area contributed by atoms with E-state index >= 15 is 0 Å². The molecular weight excluding hydrogens is 296 g/mol. The third-order valence-electron chi connectivity index (χ3n) is 2.43. The number of hydrogen-bond acceptors (Lipinski definition) is 4. The molecule has 6 heteroatoms. The average Bonchev–Trinajstić information content (AvgIpc) is 2.73. The van der Waals surface area contributed by atoms with Gasteiger partial charge in [0.15, 0.2) is 11.6 Å². The smallest absolute Gasteiger partial charge is 0.168 e. The highest BCUT2D eigenvalue weighted by Crippen LogP contribution is 2.27. The molecule has 2 rings (SSSR count). The van der Waals surface area contributed by atoms with Crippen LogP contribution in [0.1, 0.15) is 19.4 Å². The Morgan fingerprint density at radius 2 is 2.11 bits per heavy atom. The molecule has 2 N–H and O–H groups in total. The van der Waals surface area contributed by atoms with Crippen LogP contribution in [0.5, 0.6) is 5.75 Å². The number of nitrogens with two attached hydrogens (primary N) is 1. The molecule has 0 aliphatic heterocycles. The van der Waals surface area contributed by atoms with E-state index in [0.29, 0.717) is 17.3 Å². The summed E-state index contributed by atoms with van der Waals surface area (Å²) < 4.78 is 8.05. The van der Waals surface area contributed by atoms with E-state index in [2.05, 4.69) is 26.0 Å². The molecule has 0 saturated heterocycles. The number of pyridine rings is 1. The minimum atomic E-state index is 0.118. The number of anilines is 1. The number of nitrogen functional groups attached to an aromatic ring is 1. The Hall–Kier alpha value is -1.56. The van der Waals surface area contributed by atoms with Crippen LogP contribution in [0.4, 0.5) is 5.69 Å². The molecule has 2 aromatic heterocycles. The molecule has 0 amide bonds. The van der Waals surface area contributed by atoms with Gasteiger partial charge in [0, 0.05) is 0 Å². The van der Waals surface area contributed by atoms with Gasteiger partial charge in [-0.05, 0) is 42.3 Å². The summed E-state index contributed by atoms with van der Waals surface area (Å²) in [5.74, 6) is 1.41. The lowest BCUT2D eigenvalue weighted by molar-refractivity contribution is 0.242. The molecule has 0 radical (unpaired) electrons. The predicted octanol–water partition coefficient (Wildman–Crippen LogP) is 2.71. The molecule has 5 nitrogen and oxygen atoms in total. The predicted molar refractivity (Wildman–Crippen MR) is 74.0 cm³/mol. The van der Waals surface area contributed by atoms with Crippen LogP contribution < -0.4 is 10.5 Å². The Bertz CT molecular complexity index is 565. The average molecular weight is 311 g/mol. The molecule has 0 saturated carbocycles. The first-order valence-corrected chi connectivity index (χ1v) is 6.40. The Morgan fingerprint density at radius 1 is 1.39 bits per heavy atom. The summed E-state index contributed by atoms with van der Waals surface area (Å²) in [6.07, 6.45) is 5.20. The lowest BCUT2D eigenvalue weighted by Crippen LogP contribution is -2.05. The first-order valence-electron chi connectivity index (χ1n) is 5.61. The second kappa shape index (κ2) is 4.97. The highest BCUT2D eigenvalue weighted by atomic mass is 79.9. The molecule has 0 unspecified atom stereocenters. The monoisotopic (exact) mass is 310 g/mol. The van der Waals surface area contributed by atoms with Crippen LogP contribution in [-0.4, -0.2) is 20.9 Å². The zero-order valence-electron chi connectivity index (χ0n) is 10.5. The van der Waals surface area contributed by atoms with E-state index < -0.39 is 0 Å². The van der Waals surface area contributed by atoms with Crippen molar-refractivity contribution in [2.45, 2.75) is 26.9 Å². The van der Waals surface area contributed by atoms with Crippen LogP contribution in [0.3, 0.4) is 0 Å². The third kappa shape index (κ3) is 2.48. The van der Waals surface area contributed by atoms with Gasteiger partial charge in [0.25, 0.3) is 0 Å². The maximum atomic E-state index is 5.79. The quantitative estimate of drug-likeness (QED) is 0.946. The van der Waals surface area contributed by atoms with E-state index in [1.54, 1.807) is 23.3 Å². The van der Waals surface area contributed by atoms with Crippen LogP contribution in [0.15, 0.2) is 23.1 Å². The number of aromatic nitrogens is 3. The van der Waals surface area contributed by atoms with E-state index in [1.807, 2.05) is 20.8 Å². The van der Waals surface area contributed by atoms with Gasteiger partial charge in [0.1, 0.15) is 0 Å². The molecule has 96 valence electrons. The second-order valence-corrected chi connectivity index (χ2v) is 5.06. The van der Waals surface area contributed by atoms with Gasteiger partial charge in [-0.2, -0.15) is 5.10 Å². The molecule has 2 heterocycles. The topological polar surface area (TPSA) is 66.0 Å². The summed E-state index contributed by atoms with van der Waals surface area (Å²) in [7, 11) is 0. The van der Waals surface area contributed by atoms with Gasteiger partial charge in [-0.3, -0.25) is 0 Å². The fourth-order valence-corrected chi connectivity index (χ4v) is 2.01. The maximum absolute atomic E-state index is 5.79. The van der Waals surface area contributed by atoms with Gasteiger partial charge in [0.2, 0.25) is 0 Å². The molecule has 18 heavy (non-hydrogen) atoms. The van der Waals surface area contributed by atoms with E-state index in [0.717, 1.165) is 10.0 Å². The van der Waals surface area contributed by atoms with E-state index in [-0.39, 0.29) is 6.10 Å². The Morgan fingerprint density at radius 3 is 2.78 bits per heavy atom. The number of halogens is 1. The van der Waals surface area contributed by atoms with Crippen molar-refractivity contribution in [3.63, 3.8) is 0 Å². The van der Waals surface area contributed by atoms with Crippen molar-refractivity contribution in [1.29, 1.82) is 0 Å². The Labute approximate surface area is 114 Å². The van der Waals surface area contributed by atoms with Gasteiger partial charge in [-0.1, -0.05) is 0 Å². The lowest BCUT2D eigenvalue weighted by Gasteiger charge is -2.08. The van der Waals surface area contributed by atoms with Crippen molar-refractivity contribution >= 4 is 21.6 Å². The molecule has 0 aliphatic carbocycles. The normalized spacial score (nSPS) is 10.9. The summed E-state index contributed by atoms with van der Waals surface area (Å²) in [6, 6.07) is 0. The van der Waals surface area contributed by atoms with Crippen LogP contribution in [0, 0.1) is 6.92 Å². The highest BCUT2D eigenvalue weighted by molar-refractivity contribution is 9.10. The zero-order valence-corrected chi connectivity index (χ0v) is 12.1. The van der Waals surface area contributed by atoms with E-state index in [9.17, 15) is 0 Å². The summed E-state index contributed by atoms with van der Waals surface area (Å²) in [6.45, 7) is 5.87. The van der Waals surface area contributed by atoms with Crippen molar-refractivity contribution < 1.29 is 4.74 Å². The first kappa shape index (κ1) is 12.9. The number of hydrogen-bond donors (Lipinski definition) is 1. The van der Waals surface area contributed by atoms with Crippen molar-refractivity contribution in [1.82, 2.24) is 14.8 Å². The number of ether oxygens (including phenoxy) is 1. The largest absolute Gasteiger partial charge is 0.488 e. The summed E-state index contributed by atoms with van der Waals surface area (Å²) in [5, 5.41) is 4.23. The van der Waals surface area contributed by atoms with Crippen LogP contribution in [-0.2, 0) is 0 Å². The second-order valence-electron chi connectivity index (χ2n) is 4.26. The van der Waals surface area contributed by atoms with Crippen LogP contribution >= 0.6 is 15.9 Å². The van der Waals surface area contributed by atoms with E-state index in [1.165, 1.54) is 0 Å². The molecule has 2 aromatic rings. The Balaban J connectivity index is 2.37. The molecule has 0 aliphatic rings. The van der Waals surface area contributed by atoms with E-state index in [4.69, 9.17) is 10.5 Å². The first-order chi connectivity index (χ1) is 8.49. The van der Waals surface area contributed by atoms with Gasteiger partial charge in [0.05, 0.1) is 34.9 Å². The molecule has 0 atom stereocenters. The van der Waals surface area contributed by atoms with Crippen molar-refractivity contribution in [3.05, 3.63) is 28.6 Å². The molecule has 0 fully saturated rings. The van der Waals surface area contributed by atoms with Crippen molar-refractivity contribution in [3.8, 4) is 11.6 Å². The zero-order chi connectivity index (χ0) is 13.3. The Kier molecular flexibility index (Phi) is 3.56. The minimum Gasteiger partial charge on any atom is -0.488 e. The van der Waals surface area contributed by atoms with Crippen molar-refractivity contribution in [2.75, 3.05) is 5.73 Å². The van der Waals surface area contributed by atoms with Gasteiger partial charge in [-0.15, -0.1) is 0 Å².